The maximum atomic E-state index is 12.9. The minimum Gasteiger partial charge on any atom is -0.466 e. The Bertz CT molecular complexity index is 738. The summed E-state index contributed by atoms with van der Waals surface area (Å²) < 4.78 is 5.09. The van der Waals surface area contributed by atoms with Gasteiger partial charge in [0, 0.05) is 13.1 Å². The van der Waals surface area contributed by atoms with E-state index in [0.29, 0.717) is 30.8 Å². The van der Waals surface area contributed by atoms with Gasteiger partial charge in [-0.2, -0.15) is 0 Å². The third-order valence-electron chi connectivity index (χ3n) is 4.19. The zero-order valence-electron chi connectivity index (χ0n) is 13.5. The molecular weight excluding hydrogens is 294 g/mol. The van der Waals surface area contributed by atoms with Crippen LogP contribution in [-0.2, 0) is 9.53 Å². The molecule has 2 aromatic rings. The quantitative estimate of drug-likeness (QED) is 0.882. The first-order valence-electron chi connectivity index (χ1n) is 8.01. The number of imidazole rings is 1. The lowest BCUT2D eigenvalue weighted by Crippen LogP contribution is -2.42. The predicted molar refractivity (Wildman–Crippen MR) is 86.1 cm³/mol. The van der Waals surface area contributed by atoms with E-state index in [4.69, 9.17) is 4.74 Å². The number of H-pyrrole nitrogens is 1. The topological polar surface area (TPSA) is 75.3 Å². The Morgan fingerprint density at radius 2 is 2.26 bits per heavy atom. The molecule has 1 aromatic carbocycles. The molecule has 1 N–H and O–H groups in total. The van der Waals surface area contributed by atoms with Crippen molar-refractivity contribution in [3.8, 4) is 0 Å². The highest BCUT2D eigenvalue weighted by Crippen LogP contribution is 2.23. The SMILES string of the molecule is CCOC(=O)C1CCCN(C(=O)c2cccc3[nH]c(C)nc23)C1. The molecule has 122 valence electrons. The Morgan fingerprint density at radius 3 is 3.04 bits per heavy atom. The minimum absolute atomic E-state index is 0.0731. The van der Waals surface area contributed by atoms with Crippen molar-refractivity contribution in [3.05, 3.63) is 29.6 Å². The number of aromatic nitrogens is 2. The standard InChI is InChI=1S/C17H21N3O3/c1-3-23-17(22)12-6-5-9-20(10-12)16(21)13-7-4-8-14-15(13)19-11(2)18-14/h4,7-8,12H,3,5-6,9-10H2,1-2H3,(H,18,19). The number of hydrogen-bond donors (Lipinski definition) is 1. The first-order chi connectivity index (χ1) is 11.1. The Hall–Kier alpha value is -2.37. The molecule has 0 saturated carbocycles. The Labute approximate surface area is 134 Å². The molecule has 0 bridgehead atoms. The van der Waals surface area contributed by atoms with Gasteiger partial charge in [0.05, 0.1) is 23.6 Å². The van der Waals surface area contributed by atoms with Crippen molar-refractivity contribution in [2.75, 3.05) is 19.7 Å². The summed E-state index contributed by atoms with van der Waals surface area (Å²) in [6, 6.07) is 5.54. The molecule has 23 heavy (non-hydrogen) atoms. The monoisotopic (exact) mass is 315 g/mol. The summed E-state index contributed by atoms with van der Waals surface area (Å²) in [5.41, 5.74) is 2.12. The maximum absolute atomic E-state index is 12.9. The number of esters is 1. The number of carbonyl (C=O) groups excluding carboxylic acids is 2. The summed E-state index contributed by atoms with van der Waals surface area (Å²) in [5, 5.41) is 0. The van der Waals surface area contributed by atoms with Crippen molar-refractivity contribution in [1.29, 1.82) is 0 Å². The number of amides is 1. The molecule has 3 rings (SSSR count). The number of ether oxygens (including phenoxy) is 1. The second-order valence-corrected chi connectivity index (χ2v) is 5.87. The molecule has 1 saturated heterocycles. The molecule has 0 spiro atoms. The lowest BCUT2D eigenvalue weighted by molar-refractivity contribution is -0.149. The number of aryl methyl sites for hydroxylation is 1. The van der Waals surface area contributed by atoms with Crippen LogP contribution < -0.4 is 0 Å². The van der Waals surface area contributed by atoms with E-state index in [-0.39, 0.29) is 17.8 Å². The van der Waals surface area contributed by atoms with E-state index in [1.54, 1.807) is 17.9 Å². The van der Waals surface area contributed by atoms with Crippen LogP contribution in [0.4, 0.5) is 0 Å². The smallest absolute Gasteiger partial charge is 0.310 e. The van der Waals surface area contributed by atoms with Crippen molar-refractivity contribution in [2.24, 2.45) is 5.92 Å². The van der Waals surface area contributed by atoms with Gasteiger partial charge in [-0.25, -0.2) is 4.98 Å². The zero-order valence-corrected chi connectivity index (χ0v) is 13.5. The van der Waals surface area contributed by atoms with Crippen LogP contribution >= 0.6 is 0 Å². The number of hydrogen-bond acceptors (Lipinski definition) is 4. The highest BCUT2D eigenvalue weighted by atomic mass is 16.5. The van der Waals surface area contributed by atoms with Crippen molar-refractivity contribution in [2.45, 2.75) is 26.7 Å². The number of nitrogens with zero attached hydrogens (tertiary/aromatic N) is 2. The van der Waals surface area contributed by atoms with Gasteiger partial charge >= 0.3 is 5.97 Å². The van der Waals surface area contributed by atoms with E-state index in [9.17, 15) is 9.59 Å². The summed E-state index contributed by atoms with van der Waals surface area (Å²) >= 11 is 0. The van der Waals surface area contributed by atoms with Crippen LogP contribution in [0.1, 0.15) is 35.9 Å². The van der Waals surface area contributed by atoms with E-state index < -0.39 is 0 Å². The van der Waals surface area contributed by atoms with Crippen LogP contribution in [-0.4, -0.2) is 46.4 Å². The first-order valence-corrected chi connectivity index (χ1v) is 8.01. The Morgan fingerprint density at radius 1 is 1.43 bits per heavy atom. The summed E-state index contributed by atoms with van der Waals surface area (Å²) in [5.74, 6) is 0.269. The lowest BCUT2D eigenvalue weighted by Gasteiger charge is -2.31. The van der Waals surface area contributed by atoms with E-state index in [2.05, 4.69) is 9.97 Å². The van der Waals surface area contributed by atoms with Crippen LogP contribution in [0.3, 0.4) is 0 Å². The van der Waals surface area contributed by atoms with Gasteiger partial charge in [0.25, 0.3) is 5.91 Å². The molecule has 0 radical (unpaired) electrons. The molecule has 1 aliphatic heterocycles. The van der Waals surface area contributed by atoms with Crippen molar-refractivity contribution in [1.82, 2.24) is 14.9 Å². The van der Waals surface area contributed by atoms with Crippen LogP contribution in [0.15, 0.2) is 18.2 Å². The number of para-hydroxylation sites is 1. The van der Waals surface area contributed by atoms with Crippen LogP contribution in [0.5, 0.6) is 0 Å². The predicted octanol–water partition coefficient (Wildman–Crippen LogP) is 2.29. The Balaban J connectivity index is 1.83. The number of nitrogens with one attached hydrogen (secondary N) is 1. The van der Waals surface area contributed by atoms with Gasteiger partial charge in [-0.15, -0.1) is 0 Å². The zero-order chi connectivity index (χ0) is 16.4. The van der Waals surface area contributed by atoms with E-state index in [1.807, 2.05) is 19.1 Å². The highest BCUT2D eigenvalue weighted by molar-refractivity contribution is 6.05. The fourth-order valence-electron chi connectivity index (χ4n) is 3.11. The molecule has 0 aliphatic carbocycles. The lowest BCUT2D eigenvalue weighted by atomic mass is 9.97. The van der Waals surface area contributed by atoms with Gasteiger partial charge in [0.1, 0.15) is 11.3 Å². The number of rotatable bonds is 3. The molecule has 1 amide bonds. The van der Waals surface area contributed by atoms with E-state index in [0.717, 1.165) is 24.2 Å². The van der Waals surface area contributed by atoms with E-state index >= 15 is 0 Å². The van der Waals surface area contributed by atoms with Crippen LogP contribution in [0, 0.1) is 12.8 Å². The van der Waals surface area contributed by atoms with Gasteiger partial charge in [-0.3, -0.25) is 9.59 Å². The molecular formula is C17H21N3O3. The Kier molecular flexibility index (Phi) is 4.32. The molecule has 1 aromatic heterocycles. The normalized spacial score (nSPS) is 18.2. The second-order valence-electron chi connectivity index (χ2n) is 5.87. The largest absolute Gasteiger partial charge is 0.466 e. The van der Waals surface area contributed by atoms with Gasteiger partial charge in [-0.1, -0.05) is 6.07 Å². The maximum Gasteiger partial charge on any atom is 0.310 e. The number of carbonyl (C=O) groups is 2. The van der Waals surface area contributed by atoms with E-state index in [1.165, 1.54) is 0 Å². The summed E-state index contributed by atoms with van der Waals surface area (Å²) in [6.07, 6.45) is 1.58. The number of aromatic amines is 1. The fraction of sp³-hybridized carbons (Fsp3) is 0.471. The number of benzene rings is 1. The van der Waals surface area contributed by atoms with Gasteiger partial charge in [0.15, 0.2) is 0 Å². The summed E-state index contributed by atoms with van der Waals surface area (Å²) in [6.45, 7) is 5.11. The number of piperidine rings is 1. The molecule has 2 heterocycles. The second kappa shape index (κ2) is 6.40. The third kappa shape index (κ3) is 3.06. The fourth-order valence-corrected chi connectivity index (χ4v) is 3.11. The average Bonchev–Trinajstić information content (AvgIpc) is 2.94. The van der Waals surface area contributed by atoms with Crippen molar-refractivity contribution < 1.29 is 14.3 Å². The molecule has 6 nitrogen and oxygen atoms in total. The number of likely N-dealkylation sites (tertiary alicyclic amines) is 1. The summed E-state index contributed by atoms with van der Waals surface area (Å²) in [7, 11) is 0. The molecule has 1 atom stereocenters. The minimum atomic E-state index is -0.229. The highest BCUT2D eigenvalue weighted by Gasteiger charge is 2.30. The molecule has 6 heteroatoms. The van der Waals surface area contributed by atoms with Crippen LogP contribution in [0.25, 0.3) is 11.0 Å². The summed E-state index contributed by atoms with van der Waals surface area (Å²) in [4.78, 5) is 34.1. The number of fused-ring (bicyclic) bond motifs is 1. The van der Waals surface area contributed by atoms with Gasteiger partial charge in [0.2, 0.25) is 0 Å². The molecule has 1 unspecified atom stereocenters. The van der Waals surface area contributed by atoms with Gasteiger partial charge in [-0.05, 0) is 38.8 Å². The van der Waals surface area contributed by atoms with Crippen molar-refractivity contribution in [3.63, 3.8) is 0 Å². The third-order valence-corrected chi connectivity index (χ3v) is 4.19. The first kappa shape index (κ1) is 15.5. The van der Waals surface area contributed by atoms with Crippen LogP contribution in [0.2, 0.25) is 0 Å². The average molecular weight is 315 g/mol. The molecule has 1 aliphatic rings. The van der Waals surface area contributed by atoms with Gasteiger partial charge < -0.3 is 14.6 Å². The molecule has 1 fully saturated rings. The van der Waals surface area contributed by atoms with Crippen molar-refractivity contribution >= 4 is 22.9 Å².